The lowest BCUT2D eigenvalue weighted by Crippen LogP contribution is -2.43. The molecule has 1 saturated heterocycles. The van der Waals surface area contributed by atoms with E-state index in [2.05, 4.69) is 16.4 Å². The van der Waals surface area contributed by atoms with Crippen molar-refractivity contribution >= 4 is 0 Å². The molecule has 3 heteroatoms. The molecule has 114 valence electrons. The summed E-state index contributed by atoms with van der Waals surface area (Å²) in [7, 11) is 0. The monoisotopic (exact) mass is 294 g/mol. The van der Waals surface area contributed by atoms with Crippen molar-refractivity contribution in [3.63, 3.8) is 0 Å². The van der Waals surface area contributed by atoms with Gasteiger partial charge < -0.3 is 10.1 Å². The molecular formula is C19H22N2O. The number of hydrogen-bond acceptors (Lipinski definition) is 3. The SMILES string of the molecule is c1ccc(Oc2cncc(C3CCC4CC3CCN4)c2)cc1. The summed E-state index contributed by atoms with van der Waals surface area (Å²) in [4.78, 5) is 4.42. The van der Waals surface area contributed by atoms with Crippen molar-refractivity contribution in [3.8, 4) is 11.5 Å². The Morgan fingerprint density at radius 1 is 1.00 bits per heavy atom. The lowest BCUT2D eigenvalue weighted by molar-refractivity contribution is 0.194. The first-order chi connectivity index (χ1) is 10.9. The van der Waals surface area contributed by atoms with Crippen molar-refractivity contribution in [2.75, 3.05) is 6.54 Å². The van der Waals surface area contributed by atoms with Crippen molar-refractivity contribution in [1.29, 1.82) is 0 Å². The molecule has 2 aromatic rings. The summed E-state index contributed by atoms with van der Waals surface area (Å²) in [5, 5.41) is 3.63. The predicted molar refractivity (Wildman–Crippen MR) is 87.2 cm³/mol. The van der Waals surface area contributed by atoms with Crippen LogP contribution in [0.25, 0.3) is 0 Å². The van der Waals surface area contributed by atoms with E-state index in [9.17, 15) is 0 Å². The van der Waals surface area contributed by atoms with Crippen molar-refractivity contribution in [1.82, 2.24) is 10.3 Å². The highest BCUT2D eigenvalue weighted by Crippen LogP contribution is 2.42. The number of pyridine rings is 1. The van der Waals surface area contributed by atoms with Gasteiger partial charge in [-0.25, -0.2) is 0 Å². The molecule has 1 aromatic heterocycles. The molecule has 2 aliphatic rings. The topological polar surface area (TPSA) is 34.1 Å². The first-order valence-corrected chi connectivity index (χ1v) is 8.30. The van der Waals surface area contributed by atoms with Crippen LogP contribution in [0.4, 0.5) is 0 Å². The molecule has 0 amide bonds. The van der Waals surface area contributed by atoms with E-state index in [-0.39, 0.29) is 0 Å². The summed E-state index contributed by atoms with van der Waals surface area (Å²) in [6.45, 7) is 1.17. The van der Waals surface area contributed by atoms with E-state index in [1.165, 1.54) is 37.8 Å². The minimum Gasteiger partial charge on any atom is -0.456 e. The standard InChI is InChI=1S/C19H22N2O/c1-2-4-17(5-3-1)22-18-11-15(12-20-13-18)19-7-6-16-10-14(19)8-9-21-16/h1-5,11-14,16,19,21H,6-10H2. The molecule has 4 rings (SSSR count). The van der Waals surface area contributed by atoms with Crippen molar-refractivity contribution in [2.24, 2.45) is 5.92 Å². The highest BCUT2D eigenvalue weighted by atomic mass is 16.5. The fourth-order valence-corrected chi connectivity index (χ4v) is 4.00. The number of benzene rings is 1. The van der Waals surface area contributed by atoms with Gasteiger partial charge in [0.15, 0.2) is 0 Å². The van der Waals surface area contributed by atoms with Crippen LogP contribution in [-0.2, 0) is 0 Å². The van der Waals surface area contributed by atoms with Crippen molar-refractivity contribution < 1.29 is 4.74 Å². The Morgan fingerprint density at radius 2 is 1.91 bits per heavy atom. The fraction of sp³-hybridized carbons (Fsp3) is 0.421. The maximum atomic E-state index is 5.94. The molecule has 1 aliphatic heterocycles. The number of piperidine rings is 1. The van der Waals surface area contributed by atoms with E-state index >= 15 is 0 Å². The average molecular weight is 294 g/mol. The number of hydrogen-bond donors (Lipinski definition) is 1. The van der Waals surface area contributed by atoms with Crippen molar-refractivity contribution in [3.05, 3.63) is 54.4 Å². The maximum absolute atomic E-state index is 5.94. The molecular weight excluding hydrogens is 272 g/mol. The second kappa shape index (κ2) is 6.09. The van der Waals surface area contributed by atoms with Crippen LogP contribution in [0, 0.1) is 5.92 Å². The zero-order valence-corrected chi connectivity index (χ0v) is 12.7. The number of para-hydroxylation sites is 1. The lowest BCUT2D eigenvalue weighted by Gasteiger charge is -2.41. The van der Waals surface area contributed by atoms with Crippen LogP contribution in [0.2, 0.25) is 0 Å². The Balaban J connectivity index is 1.54. The predicted octanol–water partition coefficient (Wildman–Crippen LogP) is 4.12. The van der Waals surface area contributed by atoms with E-state index in [1.807, 2.05) is 42.7 Å². The van der Waals surface area contributed by atoms with Gasteiger partial charge in [0.1, 0.15) is 11.5 Å². The van der Waals surface area contributed by atoms with Gasteiger partial charge in [-0.3, -0.25) is 4.98 Å². The molecule has 3 nitrogen and oxygen atoms in total. The van der Waals surface area contributed by atoms with Crippen LogP contribution in [-0.4, -0.2) is 17.6 Å². The fourth-order valence-electron chi connectivity index (χ4n) is 4.00. The Hall–Kier alpha value is -1.87. The number of nitrogens with one attached hydrogen (secondary N) is 1. The zero-order valence-electron chi connectivity index (χ0n) is 12.7. The zero-order chi connectivity index (χ0) is 14.8. The van der Waals surface area contributed by atoms with Gasteiger partial charge in [-0.15, -0.1) is 0 Å². The van der Waals surface area contributed by atoms with Crippen LogP contribution >= 0.6 is 0 Å². The van der Waals surface area contributed by atoms with E-state index in [1.54, 1.807) is 0 Å². The van der Waals surface area contributed by atoms with E-state index in [0.717, 1.165) is 23.5 Å². The number of fused-ring (bicyclic) bond motifs is 2. The van der Waals surface area contributed by atoms with Crippen LogP contribution in [0.15, 0.2) is 48.8 Å². The van der Waals surface area contributed by atoms with E-state index < -0.39 is 0 Å². The molecule has 0 spiro atoms. The van der Waals surface area contributed by atoms with Gasteiger partial charge in [-0.1, -0.05) is 18.2 Å². The first kappa shape index (κ1) is 13.8. The second-order valence-electron chi connectivity index (χ2n) is 6.49. The minimum atomic E-state index is 0.644. The van der Waals surface area contributed by atoms with Gasteiger partial charge in [0.05, 0.1) is 6.20 Å². The second-order valence-corrected chi connectivity index (χ2v) is 6.49. The molecule has 1 aliphatic carbocycles. The summed E-state index contributed by atoms with van der Waals surface area (Å²) in [6.07, 6.45) is 8.98. The van der Waals surface area contributed by atoms with Gasteiger partial charge in [0.25, 0.3) is 0 Å². The molecule has 1 saturated carbocycles. The van der Waals surface area contributed by atoms with Gasteiger partial charge in [0, 0.05) is 12.2 Å². The Kier molecular flexibility index (Phi) is 3.81. The minimum absolute atomic E-state index is 0.644. The molecule has 1 aromatic carbocycles. The van der Waals surface area contributed by atoms with Gasteiger partial charge in [-0.05, 0) is 67.8 Å². The summed E-state index contributed by atoms with van der Waals surface area (Å²) in [6, 6.07) is 12.9. The molecule has 1 N–H and O–H groups in total. The van der Waals surface area contributed by atoms with Gasteiger partial charge in [-0.2, -0.15) is 0 Å². The van der Waals surface area contributed by atoms with Gasteiger partial charge >= 0.3 is 0 Å². The van der Waals surface area contributed by atoms with Crippen LogP contribution in [0.5, 0.6) is 11.5 Å². The summed E-state index contributed by atoms with van der Waals surface area (Å²) in [5.41, 5.74) is 1.35. The van der Waals surface area contributed by atoms with E-state index in [0.29, 0.717) is 5.92 Å². The maximum Gasteiger partial charge on any atom is 0.145 e. The first-order valence-electron chi connectivity index (χ1n) is 8.30. The summed E-state index contributed by atoms with van der Waals surface area (Å²) < 4.78 is 5.94. The third-order valence-corrected chi connectivity index (χ3v) is 5.07. The Labute approximate surface area is 131 Å². The van der Waals surface area contributed by atoms with Gasteiger partial charge in [0.2, 0.25) is 0 Å². The van der Waals surface area contributed by atoms with Crippen molar-refractivity contribution in [2.45, 2.75) is 37.6 Å². The van der Waals surface area contributed by atoms with Crippen LogP contribution in [0.1, 0.15) is 37.2 Å². The highest BCUT2D eigenvalue weighted by Gasteiger charge is 2.34. The normalized spacial score (nSPS) is 27.4. The van der Waals surface area contributed by atoms with E-state index in [4.69, 9.17) is 4.74 Å². The Morgan fingerprint density at radius 3 is 2.82 bits per heavy atom. The molecule has 22 heavy (non-hydrogen) atoms. The third kappa shape index (κ3) is 2.86. The molecule has 0 radical (unpaired) electrons. The molecule has 2 heterocycles. The quantitative estimate of drug-likeness (QED) is 0.924. The summed E-state index contributed by atoms with van der Waals surface area (Å²) in [5.74, 6) is 3.16. The third-order valence-electron chi connectivity index (χ3n) is 5.07. The molecule has 2 bridgehead atoms. The largest absolute Gasteiger partial charge is 0.456 e. The molecule has 3 unspecified atom stereocenters. The molecule has 2 fully saturated rings. The number of aromatic nitrogens is 1. The number of nitrogens with zero attached hydrogens (tertiary/aromatic N) is 1. The number of ether oxygens (including phenoxy) is 1. The van der Waals surface area contributed by atoms with Crippen LogP contribution in [0.3, 0.4) is 0 Å². The summed E-state index contributed by atoms with van der Waals surface area (Å²) >= 11 is 0. The average Bonchev–Trinajstić information content (AvgIpc) is 2.56. The lowest BCUT2D eigenvalue weighted by atomic mass is 9.71. The number of rotatable bonds is 3. The Bertz CT molecular complexity index is 628. The van der Waals surface area contributed by atoms with Crippen LogP contribution < -0.4 is 10.1 Å². The highest BCUT2D eigenvalue weighted by molar-refractivity contribution is 5.32. The smallest absolute Gasteiger partial charge is 0.145 e. The molecule has 3 atom stereocenters.